The number of hydrogen-bond donors (Lipinski definition) is 2. The number of imidazole rings is 1. The third-order valence-corrected chi connectivity index (χ3v) is 2.87. The average Bonchev–Trinajstić information content (AvgIpc) is 2.86. The summed E-state index contributed by atoms with van der Waals surface area (Å²) in [5.41, 5.74) is 8.06. The van der Waals surface area contributed by atoms with E-state index in [2.05, 4.69) is 10.3 Å². The Morgan fingerprint density at radius 3 is 2.94 bits per heavy atom. The van der Waals surface area contributed by atoms with Gasteiger partial charge < -0.3 is 15.6 Å². The minimum Gasteiger partial charge on any atom is -0.399 e. The minimum absolute atomic E-state index is 0.0956. The van der Waals surface area contributed by atoms with E-state index < -0.39 is 0 Å². The number of aromatic nitrogens is 2. The van der Waals surface area contributed by atoms with Crippen LogP contribution >= 0.6 is 0 Å². The quantitative estimate of drug-likeness (QED) is 0.811. The van der Waals surface area contributed by atoms with Crippen molar-refractivity contribution in [1.82, 2.24) is 9.55 Å². The summed E-state index contributed by atoms with van der Waals surface area (Å²) in [6.45, 7) is 3.75. The number of nitrogens with two attached hydrogens (primary N) is 1. The molecule has 1 atom stereocenters. The van der Waals surface area contributed by atoms with Crippen LogP contribution in [0.2, 0.25) is 0 Å². The van der Waals surface area contributed by atoms with Crippen LogP contribution in [0.15, 0.2) is 36.9 Å². The van der Waals surface area contributed by atoms with E-state index in [1.54, 1.807) is 29.4 Å². The van der Waals surface area contributed by atoms with Crippen molar-refractivity contribution in [3.8, 4) is 0 Å². The van der Waals surface area contributed by atoms with Gasteiger partial charge in [0.25, 0.3) is 0 Å². The van der Waals surface area contributed by atoms with Crippen molar-refractivity contribution < 1.29 is 4.79 Å². The Morgan fingerprint density at radius 1 is 1.50 bits per heavy atom. The Labute approximate surface area is 106 Å². The Morgan fingerprint density at radius 2 is 2.28 bits per heavy atom. The molecule has 18 heavy (non-hydrogen) atoms. The predicted molar refractivity (Wildman–Crippen MR) is 71.2 cm³/mol. The van der Waals surface area contributed by atoms with Crippen LogP contribution in [-0.4, -0.2) is 15.5 Å². The molecule has 2 rings (SSSR count). The third-order valence-electron chi connectivity index (χ3n) is 2.87. The van der Waals surface area contributed by atoms with Crippen LogP contribution in [0.5, 0.6) is 0 Å². The number of nitrogens with zero attached hydrogens (tertiary/aromatic N) is 2. The molecule has 3 N–H and O–H groups in total. The van der Waals surface area contributed by atoms with Gasteiger partial charge in [0, 0.05) is 23.8 Å². The minimum atomic E-state index is -0.312. The van der Waals surface area contributed by atoms with Gasteiger partial charge in [-0.1, -0.05) is 6.07 Å². The summed E-state index contributed by atoms with van der Waals surface area (Å²) in [5, 5.41) is 2.87. The highest BCUT2D eigenvalue weighted by Gasteiger charge is 2.15. The van der Waals surface area contributed by atoms with Crippen molar-refractivity contribution >= 4 is 17.3 Å². The smallest absolute Gasteiger partial charge is 0.247 e. The fraction of sp³-hybridized carbons (Fsp3) is 0.231. The van der Waals surface area contributed by atoms with E-state index in [1.165, 1.54) is 0 Å². The summed E-state index contributed by atoms with van der Waals surface area (Å²) in [6, 6.07) is 5.14. The Bertz CT molecular complexity index is 548. The first-order valence-electron chi connectivity index (χ1n) is 5.72. The molecule has 0 fully saturated rings. The van der Waals surface area contributed by atoms with Crippen molar-refractivity contribution in [1.29, 1.82) is 0 Å². The molecule has 5 nitrogen and oxygen atoms in total. The van der Waals surface area contributed by atoms with Gasteiger partial charge in [0.2, 0.25) is 5.91 Å². The zero-order valence-electron chi connectivity index (χ0n) is 10.4. The normalized spacial score (nSPS) is 12.1. The van der Waals surface area contributed by atoms with E-state index >= 15 is 0 Å². The van der Waals surface area contributed by atoms with Gasteiger partial charge in [-0.2, -0.15) is 0 Å². The number of aryl methyl sites for hydroxylation is 1. The van der Waals surface area contributed by atoms with Crippen LogP contribution in [0.3, 0.4) is 0 Å². The van der Waals surface area contributed by atoms with Crippen LogP contribution in [0.25, 0.3) is 0 Å². The third kappa shape index (κ3) is 2.51. The number of carbonyl (C=O) groups excluding carboxylic acids is 1. The molecule has 2 aromatic rings. The molecule has 5 heteroatoms. The Kier molecular flexibility index (Phi) is 3.32. The first-order chi connectivity index (χ1) is 8.58. The maximum atomic E-state index is 12.1. The second-order valence-corrected chi connectivity index (χ2v) is 4.25. The summed E-state index contributed by atoms with van der Waals surface area (Å²) in [4.78, 5) is 16.0. The van der Waals surface area contributed by atoms with E-state index in [1.807, 2.05) is 26.0 Å². The molecule has 94 valence electrons. The van der Waals surface area contributed by atoms with Crippen LogP contribution in [0, 0.1) is 6.92 Å². The maximum absolute atomic E-state index is 12.1. The number of anilines is 2. The predicted octanol–water partition coefficient (Wildman–Crippen LogP) is 1.97. The monoisotopic (exact) mass is 244 g/mol. The van der Waals surface area contributed by atoms with Crippen LogP contribution < -0.4 is 11.1 Å². The zero-order chi connectivity index (χ0) is 13.1. The molecule has 0 bridgehead atoms. The van der Waals surface area contributed by atoms with E-state index in [0.717, 1.165) is 11.3 Å². The van der Waals surface area contributed by atoms with E-state index in [-0.39, 0.29) is 11.9 Å². The summed E-state index contributed by atoms with van der Waals surface area (Å²) in [7, 11) is 0. The van der Waals surface area contributed by atoms with Crippen molar-refractivity contribution in [3.63, 3.8) is 0 Å². The fourth-order valence-corrected chi connectivity index (χ4v) is 1.65. The van der Waals surface area contributed by atoms with Gasteiger partial charge in [0.1, 0.15) is 6.04 Å². The SMILES string of the molecule is Cc1ccc(N)cc1NC(=O)C(C)n1ccnc1. The molecule has 0 spiro atoms. The molecular weight excluding hydrogens is 228 g/mol. The number of nitrogens with one attached hydrogen (secondary N) is 1. The van der Waals surface area contributed by atoms with Gasteiger partial charge in [-0.05, 0) is 31.5 Å². The Balaban J connectivity index is 2.14. The Hall–Kier alpha value is -2.30. The molecule has 0 aliphatic heterocycles. The second-order valence-electron chi connectivity index (χ2n) is 4.25. The van der Waals surface area contributed by atoms with Crippen molar-refractivity contribution in [2.75, 3.05) is 11.1 Å². The molecule has 0 aliphatic rings. The number of amides is 1. The molecule has 1 heterocycles. The van der Waals surface area contributed by atoms with Crippen molar-refractivity contribution in [2.45, 2.75) is 19.9 Å². The van der Waals surface area contributed by atoms with E-state index in [9.17, 15) is 4.79 Å². The molecule has 0 saturated heterocycles. The van der Waals surface area contributed by atoms with Gasteiger partial charge in [-0.15, -0.1) is 0 Å². The lowest BCUT2D eigenvalue weighted by Gasteiger charge is -2.15. The van der Waals surface area contributed by atoms with Crippen molar-refractivity contribution in [2.24, 2.45) is 0 Å². The number of rotatable bonds is 3. The number of hydrogen-bond acceptors (Lipinski definition) is 3. The first kappa shape index (κ1) is 12.2. The largest absolute Gasteiger partial charge is 0.399 e. The summed E-state index contributed by atoms with van der Waals surface area (Å²) >= 11 is 0. The summed E-state index contributed by atoms with van der Waals surface area (Å²) < 4.78 is 1.75. The van der Waals surface area contributed by atoms with Gasteiger partial charge in [-0.3, -0.25) is 4.79 Å². The molecule has 1 aromatic carbocycles. The summed E-state index contributed by atoms with van der Waals surface area (Å²) in [6.07, 6.45) is 5.03. The number of carbonyl (C=O) groups is 1. The van der Waals surface area contributed by atoms with E-state index in [0.29, 0.717) is 5.69 Å². The summed E-state index contributed by atoms with van der Waals surface area (Å²) in [5.74, 6) is -0.0956. The number of nitrogen functional groups attached to an aromatic ring is 1. The molecule has 0 radical (unpaired) electrons. The van der Waals surface area contributed by atoms with Crippen LogP contribution in [0.4, 0.5) is 11.4 Å². The average molecular weight is 244 g/mol. The van der Waals surface area contributed by atoms with Crippen LogP contribution in [-0.2, 0) is 4.79 Å². The lowest BCUT2D eigenvalue weighted by atomic mass is 10.1. The van der Waals surface area contributed by atoms with E-state index in [4.69, 9.17) is 5.73 Å². The highest BCUT2D eigenvalue weighted by Crippen LogP contribution is 2.19. The van der Waals surface area contributed by atoms with Gasteiger partial charge >= 0.3 is 0 Å². The molecule has 1 unspecified atom stereocenters. The maximum Gasteiger partial charge on any atom is 0.247 e. The second kappa shape index (κ2) is 4.91. The molecule has 0 saturated carbocycles. The lowest BCUT2D eigenvalue weighted by molar-refractivity contribution is -0.118. The van der Waals surface area contributed by atoms with Crippen LogP contribution in [0.1, 0.15) is 18.5 Å². The van der Waals surface area contributed by atoms with Gasteiger partial charge in [0.05, 0.1) is 6.33 Å². The standard InChI is InChI=1S/C13H16N4O/c1-9-3-4-11(14)7-12(9)16-13(18)10(2)17-6-5-15-8-17/h3-8,10H,14H2,1-2H3,(H,16,18). The van der Waals surface area contributed by atoms with Gasteiger partial charge in [0.15, 0.2) is 0 Å². The molecule has 0 aliphatic carbocycles. The molecular formula is C13H16N4O. The number of benzene rings is 1. The molecule has 1 aromatic heterocycles. The van der Waals surface area contributed by atoms with Crippen molar-refractivity contribution in [3.05, 3.63) is 42.5 Å². The lowest BCUT2D eigenvalue weighted by Crippen LogP contribution is -2.23. The molecule has 1 amide bonds. The zero-order valence-corrected chi connectivity index (χ0v) is 10.4. The fourth-order valence-electron chi connectivity index (χ4n) is 1.65. The first-order valence-corrected chi connectivity index (χ1v) is 5.72. The topological polar surface area (TPSA) is 72.9 Å². The highest BCUT2D eigenvalue weighted by atomic mass is 16.2. The van der Waals surface area contributed by atoms with Gasteiger partial charge in [-0.25, -0.2) is 4.98 Å². The highest BCUT2D eigenvalue weighted by molar-refractivity contribution is 5.94.